The molecule has 3 aliphatic rings. The van der Waals surface area contributed by atoms with Crippen LogP contribution in [0.25, 0.3) is 0 Å². The van der Waals surface area contributed by atoms with Gasteiger partial charge in [0.05, 0.1) is 6.10 Å². The van der Waals surface area contributed by atoms with Crippen molar-refractivity contribution in [3.8, 4) is 0 Å². The predicted molar refractivity (Wildman–Crippen MR) is 124 cm³/mol. The molecule has 0 unspecified atom stereocenters. The maximum absolute atomic E-state index is 13.3. The van der Waals surface area contributed by atoms with Crippen molar-refractivity contribution in [1.82, 2.24) is 0 Å². The summed E-state index contributed by atoms with van der Waals surface area (Å²) in [6, 6.07) is 0. The van der Waals surface area contributed by atoms with Gasteiger partial charge in [0.1, 0.15) is 17.8 Å². The summed E-state index contributed by atoms with van der Waals surface area (Å²) in [6.45, 7) is 7.28. The molecule has 2 fully saturated rings. The lowest BCUT2D eigenvalue weighted by atomic mass is 9.73. The second kappa shape index (κ2) is 10.9. The Bertz CT molecular complexity index is 797. The first-order valence-corrected chi connectivity index (χ1v) is 12.6. The predicted octanol–water partition coefficient (Wildman–Crippen LogP) is 3.02. The van der Waals surface area contributed by atoms with Gasteiger partial charge in [-0.25, -0.2) is 4.79 Å². The fourth-order valence-corrected chi connectivity index (χ4v) is 5.53. The molecule has 2 aliphatic heterocycles. The second-order valence-corrected chi connectivity index (χ2v) is 10.7. The standard InChI is InChI=1S/C26H40O8/c1-16-8-5-10-17(2)22(33-18(3)27)23-20(14-21(28)25(4,30)12-6-9-16)26(31,24(29)34-23)15-19-11-7-13-32-19/h9,17,19-20,22-23,30-31H,5-8,10-15H2,1-4H3/b16-9+/t17-,19+,20+,22+,23+,25-,26-/m0/s1. The van der Waals surface area contributed by atoms with Crippen LogP contribution in [0.5, 0.6) is 0 Å². The number of ether oxygens (including phenoxy) is 3. The van der Waals surface area contributed by atoms with Crippen LogP contribution < -0.4 is 0 Å². The fraction of sp³-hybridized carbons (Fsp3) is 0.808. The molecule has 0 aromatic rings. The summed E-state index contributed by atoms with van der Waals surface area (Å²) in [5.41, 5.74) is -2.41. The minimum Gasteiger partial charge on any atom is -0.458 e. The molecule has 8 heteroatoms. The third-order valence-corrected chi connectivity index (χ3v) is 7.72. The number of allylic oxidation sites excluding steroid dienone is 2. The van der Waals surface area contributed by atoms with Gasteiger partial charge in [-0.05, 0) is 64.7 Å². The van der Waals surface area contributed by atoms with Gasteiger partial charge in [0.15, 0.2) is 11.4 Å². The van der Waals surface area contributed by atoms with Crippen LogP contribution >= 0.6 is 0 Å². The van der Waals surface area contributed by atoms with Crippen LogP contribution in [0, 0.1) is 11.8 Å². The normalized spacial score (nSPS) is 41.7. The third-order valence-electron chi connectivity index (χ3n) is 7.72. The number of esters is 2. The first-order chi connectivity index (χ1) is 15.9. The fourth-order valence-electron chi connectivity index (χ4n) is 5.53. The summed E-state index contributed by atoms with van der Waals surface area (Å²) in [5, 5.41) is 22.6. The summed E-state index contributed by atoms with van der Waals surface area (Å²) in [5.74, 6) is -2.94. The van der Waals surface area contributed by atoms with Gasteiger partial charge in [-0.1, -0.05) is 18.6 Å². The zero-order valence-electron chi connectivity index (χ0n) is 20.9. The van der Waals surface area contributed by atoms with E-state index >= 15 is 0 Å². The van der Waals surface area contributed by atoms with Gasteiger partial charge in [0.2, 0.25) is 0 Å². The first-order valence-electron chi connectivity index (χ1n) is 12.6. The molecule has 0 aromatic heterocycles. The van der Waals surface area contributed by atoms with Gasteiger partial charge >= 0.3 is 11.9 Å². The molecule has 0 radical (unpaired) electrons. The van der Waals surface area contributed by atoms with E-state index in [-0.39, 0.29) is 31.3 Å². The molecular formula is C26H40O8. The Morgan fingerprint density at radius 2 is 1.97 bits per heavy atom. The van der Waals surface area contributed by atoms with E-state index in [2.05, 4.69) is 0 Å². The van der Waals surface area contributed by atoms with Crippen molar-refractivity contribution in [2.24, 2.45) is 11.8 Å². The average molecular weight is 481 g/mol. The number of aliphatic hydroxyl groups is 2. The minimum atomic E-state index is -1.96. The monoisotopic (exact) mass is 480 g/mol. The average Bonchev–Trinajstić information content (AvgIpc) is 3.33. The van der Waals surface area contributed by atoms with Crippen molar-refractivity contribution >= 4 is 17.7 Å². The summed E-state index contributed by atoms with van der Waals surface area (Å²) < 4.78 is 17.0. The maximum atomic E-state index is 13.3. The molecule has 8 nitrogen and oxygen atoms in total. The van der Waals surface area contributed by atoms with E-state index in [4.69, 9.17) is 14.2 Å². The van der Waals surface area contributed by atoms with E-state index in [9.17, 15) is 24.6 Å². The van der Waals surface area contributed by atoms with E-state index in [1.54, 1.807) is 0 Å². The minimum absolute atomic E-state index is 0.00548. The van der Waals surface area contributed by atoms with Gasteiger partial charge in [-0.3, -0.25) is 9.59 Å². The molecule has 0 saturated carbocycles. The highest BCUT2D eigenvalue weighted by Gasteiger charge is 2.61. The van der Waals surface area contributed by atoms with Gasteiger partial charge in [0.25, 0.3) is 0 Å². The highest BCUT2D eigenvalue weighted by atomic mass is 16.6. The van der Waals surface area contributed by atoms with Gasteiger partial charge in [0, 0.05) is 32.3 Å². The van der Waals surface area contributed by atoms with Gasteiger partial charge in [-0.2, -0.15) is 0 Å². The summed E-state index contributed by atoms with van der Waals surface area (Å²) >= 11 is 0. The highest BCUT2D eigenvalue weighted by molar-refractivity contribution is 5.89. The molecule has 2 N–H and O–H groups in total. The van der Waals surface area contributed by atoms with Crippen molar-refractivity contribution < 1.29 is 38.8 Å². The molecule has 34 heavy (non-hydrogen) atoms. The molecule has 0 amide bonds. The van der Waals surface area contributed by atoms with E-state index in [1.807, 2.05) is 19.9 Å². The van der Waals surface area contributed by atoms with Crippen LogP contribution in [0.15, 0.2) is 11.6 Å². The van der Waals surface area contributed by atoms with E-state index in [0.29, 0.717) is 19.4 Å². The van der Waals surface area contributed by atoms with Crippen LogP contribution in [0.3, 0.4) is 0 Å². The second-order valence-electron chi connectivity index (χ2n) is 10.7. The Hall–Kier alpha value is -1.77. The topological polar surface area (TPSA) is 119 Å². The van der Waals surface area contributed by atoms with Crippen LogP contribution in [-0.2, 0) is 28.6 Å². The summed E-state index contributed by atoms with van der Waals surface area (Å²) in [4.78, 5) is 38.4. The molecule has 0 aromatic carbocycles. The lowest BCUT2D eigenvalue weighted by Gasteiger charge is -2.35. The largest absolute Gasteiger partial charge is 0.458 e. The molecule has 3 rings (SSSR count). The van der Waals surface area contributed by atoms with Crippen LogP contribution in [-0.4, -0.2) is 64.1 Å². The van der Waals surface area contributed by atoms with Gasteiger partial charge < -0.3 is 24.4 Å². The van der Waals surface area contributed by atoms with Crippen molar-refractivity contribution in [2.45, 2.75) is 115 Å². The van der Waals surface area contributed by atoms with E-state index < -0.39 is 47.0 Å². The molecule has 1 aliphatic carbocycles. The van der Waals surface area contributed by atoms with Crippen molar-refractivity contribution in [2.75, 3.05) is 6.61 Å². The molecule has 0 bridgehead atoms. The number of Topliss-reactive ketones (excluding diaryl/α,β-unsaturated/α-hetero) is 1. The zero-order chi connectivity index (χ0) is 25.1. The number of fused-ring (bicyclic) bond motifs is 1. The summed E-state index contributed by atoms with van der Waals surface area (Å²) in [7, 11) is 0. The Morgan fingerprint density at radius 3 is 2.62 bits per heavy atom. The van der Waals surface area contributed by atoms with Crippen molar-refractivity contribution in [1.29, 1.82) is 0 Å². The number of ketones is 1. The first kappa shape index (κ1) is 26.8. The summed E-state index contributed by atoms with van der Waals surface area (Å²) in [6.07, 6.45) is 4.40. The lowest BCUT2D eigenvalue weighted by Crippen LogP contribution is -2.50. The van der Waals surface area contributed by atoms with E-state index in [0.717, 1.165) is 25.7 Å². The van der Waals surface area contributed by atoms with Gasteiger partial charge in [-0.15, -0.1) is 0 Å². The van der Waals surface area contributed by atoms with E-state index in [1.165, 1.54) is 19.4 Å². The molecular weight excluding hydrogens is 440 g/mol. The molecule has 0 spiro atoms. The number of rotatable bonds is 3. The lowest BCUT2D eigenvalue weighted by molar-refractivity contribution is -0.167. The van der Waals surface area contributed by atoms with Crippen molar-refractivity contribution in [3.05, 3.63) is 11.6 Å². The molecule has 2 saturated heterocycles. The number of hydrogen-bond acceptors (Lipinski definition) is 8. The Labute approximate surface area is 202 Å². The SMILES string of the molecule is CC(=O)O[C@H]1[C@@H]2OC(=O)[C@](O)(C[C@H]3CCCO3)[C@@H]2CC(=O)[C@@](C)(O)CC/C=C(\C)CCC[C@@H]1C. The van der Waals surface area contributed by atoms with Crippen molar-refractivity contribution in [3.63, 3.8) is 0 Å². The Morgan fingerprint density at radius 1 is 1.24 bits per heavy atom. The van der Waals surface area contributed by atoms with Crippen LogP contribution in [0.4, 0.5) is 0 Å². The number of carbonyl (C=O) groups is 3. The maximum Gasteiger partial charge on any atom is 0.339 e. The molecule has 2 heterocycles. The highest BCUT2D eigenvalue weighted by Crippen LogP contribution is 2.44. The molecule has 192 valence electrons. The Kier molecular flexibility index (Phi) is 8.58. The molecule has 7 atom stereocenters. The van der Waals surface area contributed by atoms with Crippen LogP contribution in [0.1, 0.15) is 85.5 Å². The zero-order valence-corrected chi connectivity index (χ0v) is 20.9. The third kappa shape index (κ3) is 6.07. The number of hydrogen-bond donors (Lipinski definition) is 2. The Balaban J connectivity index is 2.00. The smallest absolute Gasteiger partial charge is 0.339 e. The quantitative estimate of drug-likeness (QED) is 0.467. The van der Waals surface area contributed by atoms with Crippen LogP contribution in [0.2, 0.25) is 0 Å². The number of carbonyl (C=O) groups excluding carboxylic acids is 3.